The van der Waals surface area contributed by atoms with Gasteiger partial charge in [-0.1, -0.05) is 0 Å². The van der Waals surface area contributed by atoms with Crippen molar-refractivity contribution in [2.75, 3.05) is 0 Å². The number of rotatable bonds is 0. The van der Waals surface area contributed by atoms with E-state index in [9.17, 15) is 0 Å². The van der Waals surface area contributed by atoms with Crippen LogP contribution in [0.2, 0.25) is 0 Å². The van der Waals surface area contributed by atoms with Crippen LogP contribution in [0, 0.1) is 0 Å². The molecule has 0 unspecified atom stereocenters. The van der Waals surface area contributed by atoms with Crippen molar-refractivity contribution in [1.82, 2.24) is 0 Å². The summed E-state index contributed by atoms with van der Waals surface area (Å²) in [7, 11) is 0. The van der Waals surface area contributed by atoms with Gasteiger partial charge in [-0.2, -0.15) is 0 Å². The summed E-state index contributed by atoms with van der Waals surface area (Å²) in [5.74, 6) is -2.17. The molecule has 0 aliphatic heterocycles. The zero-order chi connectivity index (χ0) is 10.7. The van der Waals surface area contributed by atoms with Gasteiger partial charge in [0.15, 0.2) is 0 Å². The Morgan fingerprint density at radius 3 is 0.929 bits per heavy atom. The van der Waals surface area contributed by atoms with Gasteiger partial charge in [0.05, 0.1) is 0 Å². The summed E-state index contributed by atoms with van der Waals surface area (Å²) in [6.45, 7) is 1.94. The van der Waals surface area contributed by atoms with Gasteiger partial charge >= 0.3 is 61.6 Å². The van der Waals surface area contributed by atoms with E-state index in [4.69, 9.17) is 31.9 Å². The van der Waals surface area contributed by atoms with Crippen LogP contribution in [-0.4, -0.2) is 11.9 Å². The summed E-state index contributed by atoms with van der Waals surface area (Å²) < 4.78 is 25.6. The Balaban J connectivity index is -0.0000000270. The second-order valence-corrected chi connectivity index (χ2v) is 1.82. The average Bonchev–Trinajstić information content (AvgIpc) is 1.54. The number of carbonyl (C=O) groups excluding carboxylic acids is 2. The third-order valence-corrected chi connectivity index (χ3v) is 0. The summed E-state index contributed by atoms with van der Waals surface area (Å²) in [5, 5.41) is 17.8. The second kappa shape index (κ2) is 23.2. The Labute approximate surface area is 107 Å². The molecule has 0 N–H and O–H groups in total. The minimum atomic E-state index is -3.79. The van der Waals surface area contributed by atoms with Crippen molar-refractivity contribution in [2.24, 2.45) is 0 Å². The van der Waals surface area contributed by atoms with E-state index in [2.05, 4.69) is 0 Å². The van der Waals surface area contributed by atoms with E-state index in [1.807, 2.05) is 0 Å². The topological polar surface area (TPSA) is 143 Å². The van der Waals surface area contributed by atoms with Crippen LogP contribution < -0.4 is 18.5 Å². The first kappa shape index (κ1) is 29.2. The van der Waals surface area contributed by atoms with E-state index < -0.39 is 26.7 Å². The van der Waals surface area contributed by atoms with Crippen LogP contribution in [0.25, 0.3) is 0 Å². The van der Waals surface area contributed by atoms with Crippen molar-refractivity contribution in [1.29, 1.82) is 0 Å². The van der Waals surface area contributed by atoms with Crippen LogP contribution in [0.15, 0.2) is 0 Å². The summed E-state index contributed by atoms with van der Waals surface area (Å²) in [6.07, 6.45) is 0. The number of hydrogen-bond acceptors (Lipinski definition) is 7. The molecule has 2 radical (unpaired) electrons. The predicted octanol–water partition coefficient (Wildman–Crippen LogP) is -4.99. The number of hydrogen-bond donors (Lipinski definition) is 0. The predicted molar refractivity (Wildman–Crippen MR) is 22.0 cm³/mol. The molecule has 14 heavy (non-hydrogen) atoms. The molecule has 0 spiro atoms. The van der Waals surface area contributed by atoms with E-state index in [-0.39, 0.29) is 34.7 Å². The van der Waals surface area contributed by atoms with Crippen LogP contribution >= 0.6 is 0 Å². The summed E-state index contributed by atoms with van der Waals surface area (Å²) in [5.41, 5.74) is 0. The van der Waals surface area contributed by atoms with E-state index >= 15 is 0 Å². The van der Waals surface area contributed by atoms with Gasteiger partial charge < -0.3 is 19.8 Å². The molecule has 0 amide bonds. The number of carboxylic acids is 2. The molecular weight excluding hydrogens is 316 g/mol. The number of aliphatic carboxylic acids is 2. The fourth-order valence-electron chi connectivity index (χ4n) is 0. The Morgan fingerprint density at radius 2 is 0.929 bits per heavy atom. The van der Waals surface area contributed by atoms with Crippen molar-refractivity contribution in [2.45, 2.75) is 13.8 Å². The van der Waals surface area contributed by atoms with Gasteiger partial charge in [0.2, 0.25) is 0 Å². The Morgan fingerprint density at radius 1 is 0.929 bits per heavy atom. The second-order valence-electron chi connectivity index (χ2n) is 1.19. The minimum absolute atomic E-state index is 0. The Bertz CT molecular complexity index is 118. The molecule has 0 saturated carbocycles. The Kier molecular flexibility index (Phi) is 48.5. The number of carboxylic acid groups (broad SMARTS) is 2. The fourth-order valence-corrected chi connectivity index (χ4v) is 0. The molecule has 0 bridgehead atoms. The zero-order valence-corrected chi connectivity index (χ0v) is 10.9. The molecule has 0 aromatic carbocycles. The van der Waals surface area contributed by atoms with Crippen molar-refractivity contribution in [3.05, 3.63) is 0 Å². The van der Waals surface area contributed by atoms with E-state index in [0.29, 0.717) is 0 Å². The van der Waals surface area contributed by atoms with Gasteiger partial charge in [-0.3, -0.25) is 0 Å². The molecule has 0 atom stereocenters. The molecule has 0 heterocycles. The van der Waals surface area contributed by atoms with Crippen molar-refractivity contribution in [3.63, 3.8) is 0 Å². The van der Waals surface area contributed by atoms with Gasteiger partial charge in [-0.25, -0.2) is 0 Å². The first-order valence-electron chi connectivity index (χ1n) is 2.32. The molecule has 10 heteroatoms. The Hall–Kier alpha value is 0.257. The summed E-state index contributed by atoms with van der Waals surface area (Å²) >= 11 is -3.79. The van der Waals surface area contributed by atoms with Crippen molar-refractivity contribution < 1.29 is 81.4 Å². The van der Waals surface area contributed by atoms with E-state index in [1.165, 1.54) is 0 Å². The molecular formula is C4H6Cr3O7+2. The van der Waals surface area contributed by atoms with E-state index in [1.54, 1.807) is 0 Å². The average molecular weight is 322 g/mol. The van der Waals surface area contributed by atoms with Crippen LogP contribution in [0.5, 0.6) is 0 Å². The summed E-state index contributed by atoms with van der Waals surface area (Å²) in [6, 6.07) is 0. The van der Waals surface area contributed by atoms with Gasteiger partial charge in [0, 0.05) is 11.9 Å². The zero-order valence-electron chi connectivity index (χ0n) is 7.08. The maximum absolute atomic E-state index is 8.89. The molecule has 0 aliphatic carbocycles. The van der Waals surface area contributed by atoms with Crippen LogP contribution in [0.3, 0.4) is 0 Å². The molecule has 7 nitrogen and oxygen atoms in total. The molecule has 0 aliphatic rings. The van der Waals surface area contributed by atoms with Gasteiger partial charge in [0.25, 0.3) is 0 Å². The quantitative estimate of drug-likeness (QED) is 0.434. The third-order valence-electron chi connectivity index (χ3n) is 0. The maximum atomic E-state index is 8.89. The molecule has 0 rings (SSSR count). The van der Waals surface area contributed by atoms with E-state index in [0.717, 1.165) is 13.8 Å². The van der Waals surface area contributed by atoms with Crippen molar-refractivity contribution in [3.8, 4) is 0 Å². The molecule has 0 saturated heterocycles. The molecule has 0 fully saturated rings. The van der Waals surface area contributed by atoms with Gasteiger partial charge in [0.1, 0.15) is 0 Å². The first-order valence-corrected chi connectivity index (χ1v) is 3.88. The fraction of sp³-hybridized carbons (Fsp3) is 0.500. The normalized spacial score (nSPS) is 6.07. The standard InChI is InChI=1S/2C2H4O2.3Cr.3O/c2*1-2(3)4;;;;;;/h2*1H3,(H,3,4);;;;;;/q;;;2*+3;;2*-1/p-2. The third kappa shape index (κ3) is 23400. The van der Waals surface area contributed by atoms with Crippen molar-refractivity contribution >= 4 is 11.9 Å². The van der Waals surface area contributed by atoms with Crippen LogP contribution in [0.4, 0.5) is 0 Å². The number of carbonyl (C=O) groups is 2. The van der Waals surface area contributed by atoms with Crippen LogP contribution in [-0.2, 0) is 62.9 Å². The first-order chi connectivity index (χ1) is 5.20. The van der Waals surface area contributed by atoms with Gasteiger partial charge in [-0.15, -0.1) is 0 Å². The van der Waals surface area contributed by atoms with Crippen LogP contribution in [0.1, 0.15) is 13.8 Å². The SMILES string of the molecule is CC(=O)[O-].CC(=O)[O-].[Cr+3].[Cr+3].[O]=[Cr]([O-])[O-]. The monoisotopic (exact) mass is 322 g/mol. The molecule has 0 aromatic rings. The van der Waals surface area contributed by atoms with Gasteiger partial charge in [-0.05, 0) is 13.8 Å². The summed E-state index contributed by atoms with van der Waals surface area (Å²) in [4.78, 5) is 17.8. The molecule has 0 aromatic heterocycles. The molecule has 80 valence electrons.